The summed E-state index contributed by atoms with van der Waals surface area (Å²) in [7, 11) is 0. The molecule has 2 nitrogen and oxygen atoms in total. The summed E-state index contributed by atoms with van der Waals surface area (Å²) in [6, 6.07) is 9.99. The van der Waals surface area contributed by atoms with Crippen molar-refractivity contribution in [3.05, 3.63) is 42.0 Å². The lowest BCUT2D eigenvalue weighted by Crippen LogP contribution is -2.18. The molecule has 2 heteroatoms. The molecule has 0 aliphatic carbocycles. The Bertz CT molecular complexity index is 256. The summed E-state index contributed by atoms with van der Waals surface area (Å²) in [6.45, 7) is 0.319. The number of aliphatic hydroxyl groups is 1. The molecule has 0 fully saturated rings. The fraction of sp³-hybridized carbons (Fsp3) is 0.273. The number of hydrogen-bond acceptors (Lipinski definition) is 2. The molecule has 3 N–H and O–H groups in total. The molecule has 1 aromatic rings. The monoisotopic (exact) mass is 177 g/mol. The molecule has 1 rings (SSSR count). The fourth-order valence-corrected chi connectivity index (χ4v) is 1.02. The van der Waals surface area contributed by atoms with Crippen molar-refractivity contribution in [2.75, 3.05) is 6.54 Å². The minimum atomic E-state index is -0.417. The second kappa shape index (κ2) is 5.51. The Kier molecular flexibility index (Phi) is 4.23. The van der Waals surface area contributed by atoms with Gasteiger partial charge in [0.15, 0.2) is 0 Å². The Hall–Kier alpha value is -1.12. The van der Waals surface area contributed by atoms with Crippen LogP contribution in [0.15, 0.2) is 36.4 Å². The Labute approximate surface area is 78.7 Å². The summed E-state index contributed by atoms with van der Waals surface area (Å²) < 4.78 is 0. The third kappa shape index (κ3) is 3.87. The van der Waals surface area contributed by atoms with Crippen LogP contribution >= 0.6 is 0 Å². The predicted octanol–water partition coefficient (Wildman–Crippen LogP) is 1.41. The zero-order chi connectivity index (χ0) is 9.52. The van der Waals surface area contributed by atoms with Gasteiger partial charge in [-0.3, -0.25) is 0 Å². The first-order chi connectivity index (χ1) is 6.33. The first-order valence-electron chi connectivity index (χ1n) is 4.42. The quantitative estimate of drug-likeness (QED) is 0.730. The zero-order valence-corrected chi connectivity index (χ0v) is 7.56. The Morgan fingerprint density at radius 3 is 2.62 bits per heavy atom. The zero-order valence-electron chi connectivity index (χ0n) is 7.56. The molecule has 0 heterocycles. The Morgan fingerprint density at radius 1 is 1.31 bits per heavy atom. The molecule has 70 valence electrons. The van der Waals surface area contributed by atoms with Gasteiger partial charge in [-0.2, -0.15) is 0 Å². The van der Waals surface area contributed by atoms with Crippen LogP contribution in [0.3, 0.4) is 0 Å². The minimum Gasteiger partial charge on any atom is -0.391 e. The molecule has 0 radical (unpaired) electrons. The third-order valence-electron chi connectivity index (χ3n) is 1.79. The van der Waals surface area contributed by atoms with E-state index in [1.54, 1.807) is 0 Å². The van der Waals surface area contributed by atoms with E-state index in [4.69, 9.17) is 10.8 Å². The van der Waals surface area contributed by atoms with E-state index in [0.717, 1.165) is 5.56 Å². The Morgan fingerprint density at radius 2 is 2.00 bits per heavy atom. The number of aliphatic hydroxyl groups excluding tert-OH is 1. The number of nitrogens with two attached hydrogens (primary N) is 1. The topological polar surface area (TPSA) is 46.2 Å². The van der Waals surface area contributed by atoms with Crippen molar-refractivity contribution in [2.24, 2.45) is 5.73 Å². The van der Waals surface area contributed by atoms with Crippen LogP contribution in [0.1, 0.15) is 12.0 Å². The molecule has 13 heavy (non-hydrogen) atoms. The lowest BCUT2D eigenvalue weighted by atomic mass is 10.2. The van der Waals surface area contributed by atoms with Crippen LogP contribution in [0.4, 0.5) is 0 Å². The number of hydrogen-bond donors (Lipinski definition) is 2. The summed E-state index contributed by atoms with van der Waals surface area (Å²) >= 11 is 0. The molecule has 0 spiro atoms. The van der Waals surface area contributed by atoms with Crippen molar-refractivity contribution in [2.45, 2.75) is 12.5 Å². The highest BCUT2D eigenvalue weighted by Gasteiger charge is 1.95. The minimum absolute atomic E-state index is 0.319. The van der Waals surface area contributed by atoms with Gasteiger partial charge >= 0.3 is 0 Å². The highest BCUT2D eigenvalue weighted by atomic mass is 16.3. The van der Waals surface area contributed by atoms with E-state index in [0.29, 0.717) is 13.0 Å². The maximum atomic E-state index is 9.16. The summed E-state index contributed by atoms with van der Waals surface area (Å²) in [4.78, 5) is 0. The molecule has 0 saturated carbocycles. The van der Waals surface area contributed by atoms with Gasteiger partial charge in [-0.05, 0) is 12.0 Å². The average molecular weight is 177 g/mol. The average Bonchev–Trinajstić information content (AvgIpc) is 2.19. The molecule has 0 bridgehead atoms. The van der Waals surface area contributed by atoms with E-state index in [1.807, 2.05) is 42.5 Å². The third-order valence-corrected chi connectivity index (χ3v) is 1.79. The van der Waals surface area contributed by atoms with Gasteiger partial charge in [0.05, 0.1) is 6.10 Å². The summed E-state index contributed by atoms with van der Waals surface area (Å²) in [6.07, 6.45) is 4.12. The summed E-state index contributed by atoms with van der Waals surface area (Å²) in [5.41, 5.74) is 6.41. The first-order valence-corrected chi connectivity index (χ1v) is 4.42. The van der Waals surface area contributed by atoms with Gasteiger partial charge in [-0.1, -0.05) is 42.5 Å². The highest BCUT2D eigenvalue weighted by Crippen LogP contribution is 2.02. The van der Waals surface area contributed by atoms with Gasteiger partial charge in [0.1, 0.15) is 0 Å². The van der Waals surface area contributed by atoms with Crippen molar-refractivity contribution in [1.29, 1.82) is 0 Å². The van der Waals surface area contributed by atoms with Crippen LogP contribution in [0.2, 0.25) is 0 Å². The van der Waals surface area contributed by atoms with Gasteiger partial charge < -0.3 is 10.8 Å². The lowest BCUT2D eigenvalue weighted by Gasteiger charge is -2.01. The molecule has 1 atom stereocenters. The van der Waals surface area contributed by atoms with Crippen molar-refractivity contribution >= 4 is 6.08 Å². The van der Waals surface area contributed by atoms with Gasteiger partial charge in [0.25, 0.3) is 0 Å². The van der Waals surface area contributed by atoms with Gasteiger partial charge in [0, 0.05) is 6.54 Å². The molecule has 0 aliphatic rings. The van der Waals surface area contributed by atoms with E-state index in [9.17, 15) is 0 Å². The molecule has 0 amide bonds. The van der Waals surface area contributed by atoms with Crippen LogP contribution in [0, 0.1) is 0 Å². The summed E-state index contributed by atoms with van der Waals surface area (Å²) in [5, 5.41) is 9.16. The largest absolute Gasteiger partial charge is 0.391 e. The maximum Gasteiger partial charge on any atom is 0.0696 e. The van der Waals surface area contributed by atoms with E-state index in [2.05, 4.69) is 0 Å². The molecular weight excluding hydrogens is 162 g/mol. The number of rotatable bonds is 4. The van der Waals surface area contributed by atoms with Gasteiger partial charge in [-0.25, -0.2) is 0 Å². The molecule has 1 aromatic carbocycles. The SMILES string of the molecule is NCC(O)C/C=C/c1ccccc1. The van der Waals surface area contributed by atoms with Crippen molar-refractivity contribution in [3.8, 4) is 0 Å². The van der Waals surface area contributed by atoms with E-state index < -0.39 is 6.10 Å². The predicted molar refractivity (Wildman–Crippen MR) is 55.2 cm³/mol. The van der Waals surface area contributed by atoms with Crippen LogP contribution in [-0.4, -0.2) is 17.8 Å². The van der Waals surface area contributed by atoms with Crippen LogP contribution in [-0.2, 0) is 0 Å². The van der Waals surface area contributed by atoms with E-state index in [-0.39, 0.29) is 0 Å². The smallest absolute Gasteiger partial charge is 0.0696 e. The molecular formula is C11H15NO. The molecule has 0 aromatic heterocycles. The first kappa shape index (κ1) is 9.96. The van der Waals surface area contributed by atoms with Crippen LogP contribution in [0.25, 0.3) is 6.08 Å². The number of benzene rings is 1. The van der Waals surface area contributed by atoms with Crippen molar-refractivity contribution < 1.29 is 5.11 Å². The standard InChI is InChI=1S/C11H15NO/c12-9-11(13)8-4-7-10-5-2-1-3-6-10/h1-7,11,13H,8-9,12H2/b7-4+. The van der Waals surface area contributed by atoms with Crippen molar-refractivity contribution in [3.63, 3.8) is 0 Å². The van der Waals surface area contributed by atoms with Crippen LogP contribution in [0.5, 0.6) is 0 Å². The molecule has 0 saturated heterocycles. The van der Waals surface area contributed by atoms with E-state index >= 15 is 0 Å². The second-order valence-electron chi connectivity index (χ2n) is 2.94. The van der Waals surface area contributed by atoms with Crippen molar-refractivity contribution in [1.82, 2.24) is 0 Å². The normalized spacial score (nSPS) is 13.4. The summed E-state index contributed by atoms with van der Waals surface area (Å²) in [5.74, 6) is 0. The fourth-order valence-electron chi connectivity index (χ4n) is 1.02. The molecule has 0 aliphatic heterocycles. The Balaban J connectivity index is 2.41. The highest BCUT2D eigenvalue weighted by molar-refractivity contribution is 5.48. The van der Waals surface area contributed by atoms with E-state index in [1.165, 1.54) is 0 Å². The van der Waals surface area contributed by atoms with Gasteiger partial charge in [-0.15, -0.1) is 0 Å². The second-order valence-corrected chi connectivity index (χ2v) is 2.94. The maximum absolute atomic E-state index is 9.16. The van der Waals surface area contributed by atoms with Crippen LogP contribution < -0.4 is 5.73 Å². The lowest BCUT2D eigenvalue weighted by molar-refractivity contribution is 0.186. The van der Waals surface area contributed by atoms with Gasteiger partial charge in [0.2, 0.25) is 0 Å². The molecule has 1 unspecified atom stereocenters.